The molecular formula is C32H31NS. The highest BCUT2D eigenvalue weighted by Gasteiger charge is 2.12. The predicted octanol–water partition coefficient (Wildman–Crippen LogP) is 9.35. The molecule has 34 heavy (non-hydrogen) atoms. The van der Waals surface area contributed by atoms with Crippen molar-refractivity contribution < 1.29 is 0 Å². The molecule has 1 nitrogen and oxygen atoms in total. The first-order chi connectivity index (χ1) is 16.6. The van der Waals surface area contributed by atoms with Gasteiger partial charge in [-0.2, -0.15) is 5.26 Å². The number of nitrogens with zero attached hydrogens (tertiary/aromatic N) is 1. The van der Waals surface area contributed by atoms with Crippen LogP contribution >= 0.6 is 11.3 Å². The van der Waals surface area contributed by atoms with Crippen LogP contribution in [0.3, 0.4) is 0 Å². The lowest BCUT2D eigenvalue weighted by molar-refractivity contribution is 0.804. The lowest BCUT2D eigenvalue weighted by atomic mass is 9.92. The number of hydrogen-bond acceptors (Lipinski definition) is 2. The van der Waals surface area contributed by atoms with Gasteiger partial charge >= 0.3 is 0 Å². The second kappa shape index (κ2) is 11.1. The molecule has 0 spiro atoms. The Morgan fingerprint density at radius 2 is 1.79 bits per heavy atom. The summed E-state index contributed by atoms with van der Waals surface area (Å²) in [6.45, 7) is 6.51. The Morgan fingerprint density at radius 1 is 0.971 bits per heavy atom. The molecule has 2 heteroatoms. The van der Waals surface area contributed by atoms with Gasteiger partial charge in [-0.3, -0.25) is 0 Å². The Labute approximate surface area is 207 Å². The molecular weight excluding hydrogens is 430 g/mol. The smallest absolute Gasteiger partial charge is 0.0902 e. The van der Waals surface area contributed by atoms with E-state index in [9.17, 15) is 5.26 Å². The molecule has 0 amide bonds. The van der Waals surface area contributed by atoms with Gasteiger partial charge in [-0.1, -0.05) is 91.7 Å². The molecule has 0 saturated heterocycles. The van der Waals surface area contributed by atoms with Crippen LogP contribution in [0, 0.1) is 18.3 Å². The van der Waals surface area contributed by atoms with E-state index in [1.54, 1.807) is 0 Å². The summed E-state index contributed by atoms with van der Waals surface area (Å²) in [5, 5.41) is 11.3. The molecule has 1 atom stereocenters. The van der Waals surface area contributed by atoms with Crippen LogP contribution in [0.25, 0.3) is 21.2 Å². The van der Waals surface area contributed by atoms with E-state index in [-0.39, 0.29) is 5.92 Å². The topological polar surface area (TPSA) is 23.8 Å². The predicted molar refractivity (Wildman–Crippen MR) is 148 cm³/mol. The number of hydrogen-bond donors (Lipinski definition) is 0. The summed E-state index contributed by atoms with van der Waals surface area (Å²) in [6.07, 6.45) is 7.92. The van der Waals surface area contributed by atoms with E-state index in [0.717, 1.165) is 23.1 Å². The van der Waals surface area contributed by atoms with E-state index >= 15 is 0 Å². The monoisotopic (exact) mass is 461 g/mol. The third-order valence-electron chi connectivity index (χ3n) is 6.17. The summed E-state index contributed by atoms with van der Waals surface area (Å²) in [7, 11) is 0. The van der Waals surface area contributed by atoms with Gasteiger partial charge in [0.15, 0.2) is 0 Å². The number of fused-ring (bicyclic) bond motifs is 1. The highest BCUT2D eigenvalue weighted by atomic mass is 32.1. The van der Waals surface area contributed by atoms with Gasteiger partial charge in [0.2, 0.25) is 0 Å². The number of nitriles is 1. The van der Waals surface area contributed by atoms with E-state index in [1.807, 2.05) is 41.7 Å². The van der Waals surface area contributed by atoms with Crippen LogP contribution in [0.4, 0.5) is 0 Å². The molecule has 1 aromatic heterocycles. The first-order valence-corrected chi connectivity index (χ1v) is 12.8. The number of aryl methyl sites for hydroxylation is 2. The van der Waals surface area contributed by atoms with Crippen LogP contribution in [0.15, 0.2) is 91.0 Å². The highest BCUT2D eigenvalue weighted by molar-refractivity contribution is 7.19. The number of allylic oxidation sites excluding steroid dienone is 4. The zero-order chi connectivity index (χ0) is 23.9. The fourth-order valence-electron chi connectivity index (χ4n) is 4.23. The lowest BCUT2D eigenvalue weighted by Crippen LogP contribution is -1.94. The van der Waals surface area contributed by atoms with E-state index in [4.69, 9.17) is 0 Å². The molecule has 0 N–H and O–H groups in total. The molecule has 4 rings (SSSR count). The van der Waals surface area contributed by atoms with Crippen LogP contribution in [0.2, 0.25) is 0 Å². The van der Waals surface area contributed by atoms with Crippen molar-refractivity contribution in [2.24, 2.45) is 0 Å². The van der Waals surface area contributed by atoms with E-state index in [0.29, 0.717) is 0 Å². The molecule has 4 aromatic rings. The highest BCUT2D eigenvalue weighted by Crippen LogP contribution is 2.33. The summed E-state index contributed by atoms with van der Waals surface area (Å²) < 4.78 is 1.33. The summed E-state index contributed by atoms with van der Waals surface area (Å²) in [5.41, 5.74) is 6.89. The second-order valence-electron chi connectivity index (χ2n) is 8.91. The molecule has 0 aliphatic rings. The summed E-state index contributed by atoms with van der Waals surface area (Å²) in [5.74, 6) is -0.309. The van der Waals surface area contributed by atoms with E-state index in [1.165, 1.54) is 44.5 Å². The van der Waals surface area contributed by atoms with Gasteiger partial charge in [0, 0.05) is 9.58 Å². The van der Waals surface area contributed by atoms with Crippen molar-refractivity contribution in [3.05, 3.63) is 118 Å². The van der Waals surface area contributed by atoms with Gasteiger partial charge < -0.3 is 0 Å². The van der Waals surface area contributed by atoms with Crippen molar-refractivity contribution in [1.82, 2.24) is 0 Å². The Balaban J connectivity index is 1.80. The van der Waals surface area contributed by atoms with Crippen molar-refractivity contribution >= 4 is 32.6 Å². The minimum absolute atomic E-state index is 0.309. The zero-order valence-electron chi connectivity index (χ0n) is 20.2. The molecule has 1 heterocycles. The van der Waals surface area contributed by atoms with Crippen molar-refractivity contribution in [3.63, 3.8) is 0 Å². The van der Waals surface area contributed by atoms with Crippen molar-refractivity contribution in [2.75, 3.05) is 0 Å². The average Bonchev–Trinajstić information content (AvgIpc) is 3.27. The Bertz CT molecular complexity index is 1370. The molecule has 170 valence electrons. The minimum atomic E-state index is -0.309. The van der Waals surface area contributed by atoms with Gasteiger partial charge in [-0.15, -0.1) is 11.3 Å². The molecule has 0 saturated carbocycles. The van der Waals surface area contributed by atoms with Crippen LogP contribution in [0.1, 0.15) is 59.7 Å². The largest absolute Gasteiger partial charge is 0.197 e. The second-order valence-corrected chi connectivity index (χ2v) is 10.1. The molecule has 0 aliphatic carbocycles. The van der Waals surface area contributed by atoms with Crippen molar-refractivity contribution in [2.45, 2.75) is 46.0 Å². The molecule has 3 aromatic carbocycles. The van der Waals surface area contributed by atoms with Crippen LogP contribution in [-0.4, -0.2) is 0 Å². The first-order valence-electron chi connectivity index (χ1n) is 12.0. The van der Waals surface area contributed by atoms with Gasteiger partial charge in [-0.05, 0) is 78.1 Å². The average molecular weight is 462 g/mol. The quantitative estimate of drug-likeness (QED) is 0.240. The van der Waals surface area contributed by atoms with Crippen LogP contribution in [-0.2, 0) is 6.42 Å². The van der Waals surface area contributed by atoms with Crippen LogP contribution < -0.4 is 0 Å². The maximum absolute atomic E-state index is 10.0. The standard InChI is InChI=1S/C32H31NS/c1-4-5-14-31-21-29-19-27(15-16-32(29)34-31)28(18-24(3)26-13-9-10-23(2)17-26)20-30(22-33)25-11-7-6-8-12-25/h6-13,15-21,30H,4-5,14H2,1-3H3/b24-18+,28-20+. The minimum Gasteiger partial charge on any atom is -0.197 e. The SMILES string of the molecule is CCCCc1cc2cc(C(/C=C(\C)c3cccc(C)c3)=C/C(C#N)c3ccccc3)ccc2s1. The molecule has 1 unspecified atom stereocenters. The molecule has 0 bridgehead atoms. The lowest BCUT2D eigenvalue weighted by Gasteiger charge is -2.11. The number of thiophene rings is 1. The van der Waals surface area contributed by atoms with E-state index < -0.39 is 0 Å². The van der Waals surface area contributed by atoms with Crippen LogP contribution in [0.5, 0.6) is 0 Å². The van der Waals surface area contributed by atoms with Gasteiger partial charge in [-0.25, -0.2) is 0 Å². The molecule has 0 fully saturated rings. The fourth-order valence-corrected chi connectivity index (χ4v) is 5.32. The Kier molecular flexibility index (Phi) is 7.78. The third-order valence-corrected chi connectivity index (χ3v) is 7.34. The van der Waals surface area contributed by atoms with Gasteiger partial charge in [0.25, 0.3) is 0 Å². The number of rotatable bonds is 8. The zero-order valence-corrected chi connectivity index (χ0v) is 21.0. The summed E-state index contributed by atoms with van der Waals surface area (Å²) >= 11 is 1.90. The normalized spacial score (nSPS) is 13.1. The first kappa shape index (κ1) is 23.7. The van der Waals surface area contributed by atoms with Gasteiger partial charge in [0.1, 0.15) is 0 Å². The van der Waals surface area contributed by atoms with Gasteiger partial charge in [0.05, 0.1) is 12.0 Å². The number of unbranched alkanes of at least 4 members (excludes halogenated alkanes) is 1. The number of benzene rings is 3. The van der Waals surface area contributed by atoms with E-state index in [2.05, 4.69) is 87.5 Å². The summed E-state index contributed by atoms with van der Waals surface area (Å²) in [6, 6.07) is 30.2. The maximum atomic E-state index is 10.0. The Hall–Kier alpha value is -3.41. The molecule has 0 radical (unpaired) electrons. The summed E-state index contributed by atoms with van der Waals surface area (Å²) in [4.78, 5) is 1.45. The maximum Gasteiger partial charge on any atom is 0.0902 e. The third kappa shape index (κ3) is 5.74. The Morgan fingerprint density at radius 3 is 2.53 bits per heavy atom. The van der Waals surface area contributed by atoms with Crippen molar-refractivity contribution in [3.8, 4) is 6.07 Å². The fraction of sp³-hybridized carbons (Fsp3) is 0.219. The van der Waals surface area contributed by atoms with Crippen molar-refractivity contribution in [1.29, 1.82) is 5.26 Å². The molecule has 0 aliphatic heterocycles.